The molecule has 1 aliphatic heterocycles. The van der Waals surface area contributed by atoms with Crippen LogP contribution in [-0.4, -0.2) is 35.4 Å². The fraction of sp³-hybridized carbons (Fsp3) is 0.583. The Morgan fingerprint density at radius 3 is 3.06 bits per heavy atom. The van der Waals surface area contributed by atoms with Crippen LogP contribution in [-0.2, 0) is 6.54 Å². The van der Waals surface area contributed by atoms with Gasteiger partial charge in [0.15, 0.2) is 0 Å². The highest BCUT2D eigenvalue weighted by molar-refractivity contribution is 7.99. The Labute approximate surface area is 116 Å². The molecule has 1 aliphatic rings. The molecule has 3 N–H and O–H groups in total. The maximum absolute atomic E-state index is 11.5. The summed E-state index contributed by atoms with van der Waals surface area (Å²) in [6, 6.07) is 2.63. The molecule has 2 heterocycles. The molecular weight excluding hydrogens is 266 g/mol. The minimum absolute atomic E-state index is 0.201. The molecule has 4 nitrogen and oxygen atoms in total. The van der Waals surface area contributed by atoms with E-state index in [-0.39, 0.29) is 5.91 Å². The van der Waals surface area contributed by atoms with Crippen molar-refractivity contribution in [3.63, 3.8) is 0 Å². The average molecular weight is 285 g/mol. The molecule has 1 unspecified atom stereocenters. The van der Waals surface area contributed by atoms with Crippen molar-refractivity contribution in [1.29, 1.82) is 0 Å². The Morgan fingerprint density at radius 2 is 2.44 bits per heavy atom. The maximum Gasteiger partial charge on any atom is 0.275 e. The van der Waals surface area contributed by atoms with Gasteiger partial charge in [-0.25, -0.2) is 5.84 Å². The lowest BCUT2D eigenvalue weighted by atomic mass is 10.2. The molecule has 0 bridgehead atoms. The van der Waals surface area contributed by atoms with E-state index in [1.165, 1.54) is 39.7 Å². The highest BCUT2D eigenvalue weighted by Crippen LogP contribution is 2.26. The van der Waals surface area contributed by atoms with Crippen LogP contribution in [0.3, 0.4) is 0 Å². The van der Waals surface area contributed by atoms with Crippen molar-refractivity contribution < 1.29 is 4.79 Å². The van der Waals surface area contributed by atoms with E-state index in [2.05, 4.69) is 24.3 Å². The highest BCUT2D eigenvalue weighted by Gasteiger charge is 2.21. The van der Waals surface area contributed by atoms with E-state index in [0.29, 0.717) is 10.9 Å². The van der Waals surface area contributed by atoms with Gasteiger partial charge in [-0.15, -0.1) is 11.3 Å². The van der Waals surface area contributed by atoms with E-state index < -0.39 is 0 Å². The van der Waals surface area contributed by atoms with Crippen LogP contribution in [0.15, 0.2) is 6.07 Å². The Bertz CT molecular complexity index is 427. The van der Waals surface area contributed by atoms with Crippen LogP contribution < -0.4 is 11.3 Å². The minimum atomic E-state index is -0.201. The zero-order valence-electron chi connectivity index (χ0n) is 10.7. The SMILES string of the molecule is Cc1sc(C(=O)NN)cc1CN(C)C1CCSC1. The molecule has 0 spiro atoms. The highest BCUT2D eigenvalue weighted by atomic mass is 32.2. The van der Waals surface area contributed by atoms with Gasteiger partial charge >= 0.3 is 0 Å². The topological polar surface area (TPSA) is 58.4 Å². The van der Waals surface area contributed by atoms with Gasteiger partial charge in [0.1, 0.15) is 0 Å². The van der Waals surface area contributed by atoms with Crippen molar-refractivity contribution in [1.82, 2.24) is 10.3 Å². The number of rotatable bonds is 4. The van der Waals surface area contributed by atoms with Crippen LogP contribution in [0, 0.1) is 6.92 Å². The Kier molecular flexibility index (Phi) is 4.66. The monoisotopic (exact) mass is 285 g/mol. The van der Waals surface area contributed by atoms with Gasteiger partial charge in [-0.1, -0.05) is 0 Å². The van der Waals surface area contributed by atoms with Crippen molar-refractivity contribution >= 4 is 29.0 Å². The molecule has 1 fully saturated rings. The van der Waals surface area contributed by atoms with E-state index in [9.17, 15) is 4.79 Å². The molecule has 18 heavy (non-hydrogen) atoms. The number of hydrogen-bond donors (Lipinski definition) is 2. The number of thiophene rings is 1. The summed E-state index contributed by atoms with van der Waals surface area (Å²) in [4.78, 5) is 15.8. The molecule has 2 rings (SSSR count). The number of thioether (sulfide) groups is 1. The van der Waals surface area contributed by atoms with Crippen molar-refractivity contribution in [2.45, 2.75) is 25.9 Å². The molecule has 1 aromatic rings. The molecule has 1 aromatic heterocycles. The molecule has 0 saturated carbocycles. The lowest BCUT2D eigenvalue weighted by molar-refractivity contribution is 0.0957. The van der Waals surface area contributed by atoms with Crippen LogP contribution in [0.1, 0.15) is 26.5 Å². The van der Waals surface area contributed by atoms with E-state index in [0.717, 1.165) is 6.54 Å². The predicted octanol–water partition coefficient (Wildman–Crippen LogP) is 1.60. The first kappa shape index (κ1) is 13.9. The molecule has 1 saturated heterocycles. The second-order valence-corrected chi connectivity index (χ2v) is 7.00. The molecule has 1 amide bonds. The normalized spacial score (nSPS) is 19.4. The molecule has 0 aliphatic carbocycles. The van der Waals surface area contributed by atoms with Gasteiger partial charge in [0.05, 0.1) is 4.88 Å². The summed E-state index contributed by atoms with van der Waals surface area (Å²) >= 11 is 3.53. The third-order valence-electron chi connectivity index (χ3n) is 3.32. The van der Waals surface area contributed by atoms with E-state index in [1.807, 2.05) is 17.8 Å². The van der Waals surface area contributed by atoms with Gasteiger partial charge in [0.25, 0.3) is 5.91 Å². The number of amides is 1. The van der Waals surface area contributed by atoms with Crippen LogP contribution >= 0.6 is 23.1 Å². The summed E-state index contributed by atoms with van der Waals surface area (Å²) in [5.41, 5.74) is 3.42. The minimum Gasteiger partial charge on any atom is -0.298 e. The van der Waals surface area contributed by atoms with E-state index in [4.69, 9.17) is 5.84 Å². The molecular formula is C12H19N3OS2. The van der Waals surface area contributed by atoms with Crippen molar-refractivity contribution in [3.05, 3.63) is 21.4 Å². The van der Waals surface area contributed by atoms with Gasteiger partial charge in [-0.2, -0.15) is 11.8 Å². The molecule has 6 heteroatoms. The van der Waals surface area contributed by atoms with Gasteiger partial charge < -0.3 is 0 Å². The molecule has 0 radical (unpaired) electrons. The van der Waals surface area contributed by atoms with Crippen LogP contribution in [0.25, 0.3) is 0 Å². The summed E-state index contributed by atoms with van der Waals surface area (Å²) in [6.45, 7) is 2.97. The summed E-state index contributed by atoms with van der Waals surface area (Å²) < 4.78 is 0. The number of carbonyl (C=O) groups excluding carboxylic acids is 1. The summed E-state index contributed by atoms with van der Waals surface area (Å²) in [5.74, 6) is 7.44. The first-order valence-corrected chi connectivity index (χ1v) is 7.97. The number of aryl methyl sites for hydroxylation is 1. The predicted molar refractivity (Wildman–Crippen MR) is 77.9 cm³/mol. The molecule has 0 aromatic carbocycles. The Balaban J connectivity index is 2.04. The van der Waals surface area contributed by atoms with Crippen LogP contribution in [0.5, 0.6) is 0 Å². The first-order valence-electron chi connectivity index (χ1n) is 6.00. The fourth-order valence-electron chi connectivity index (χ4n) is 2.13. The lowest BCUT2D eigenvalue weighted by Gasteiger charge is -2.23. The maximum atomic E-state index is 11.5. The largest absolute Gasteiger partial charge is 0.298 e. The number of nitrogens with zero attached hydrogens (tertiary/aromatic N) is 1. The third kappa shape index (κ3) is 3.06. The second-order valence-electron chi connectivity index (χ2n) is 4.60. The van der Waals surface area contributed by atoms with Gasteiger partial charge in [-0.3, -0.25) is 15.1 Å². The molecule has 1 atom stereocenters. The van der Waals surface area contributed by atoms with E-state index >= 15 is 0 Å². The van der Waals surface area contributed by atoms with Gasteiger partial charge in [0.2, 0.25) is 0 Å². The number of nitrogen functional groups attached to an aromatic ring is 1. The summed E-state index contributed by atoms with van der Waals surface area (Å²) in [5, 5.41) is 0. The number of hydrogen-bond acceptors (Lipinski definition) is 5. The van der Waals surface area contributed by atoms with Crippen LogP contribution in [0.4, 0.5) is 0 Å². The van der Waals surface area contributed by atoms with Crippen LogP contribution in [0.2, 0.25) is 0 Å². The Morgan fingerprint density at radius 1 is 1.67 bits per heavy atom. The Hall–Kier alpha value is -0.560. The smallest absolute Gasteiger partial charge is 0.275 e. The zero-order valence-corrected chi connectivity index (χ0v) is 12.4. The van der Waals surface area contributed by atoms with Gasteiger partial charge in [-0.05, 0) is 37.8 Å². The summed E-state index contributed by atoms with van der Waals surface area (Å²) in [6.07, 6.45) is 1.26. The zero-order chi connectivity index (χ0) is 13.1. The average Bonchev–Trinajstić information content (AvgIpc) is 2.99. The van der Waals surface area contributed by atoms with Crippen molar-refractivity contribution in [2.24, 2.45) is 5.84 Å². The quantitative estimate of drug-likeness (QED) is 0.501. The fourth-order valence-corrected chi connectivity index (χ4v) is 4.36. The van der Waals surface area contributed by atoms with E-state index in [1.54, 1.807) is 0 Å². The third-order valence-corrected chi connectivity index (χ3v) is 5.56. The lowest BCUT2D eigenvalue weighted by Crippen LogP contribution is -2.31. The van der Waals surface area contributed by atoms with Crippen molar-refractivity contribution in [3.8, 4) is 0 Å². The summed E-state index contributed by atoms with van der Waals surface area (Å²) in [7, 11) is 2.16. The molecule has 100 valence electrons. The number of hydrazine groups is 1. The van der Waals surface area contributed by atoms with Gasteiger partial charge in [0, 0.05) is 23.2 Å². The number of nitrogens with two attached hydrogens (primary N) is 1. The number of carbonyl (C=O) groups is 1. The standard InChI is InChI=1S/C12H19N3OS2/c1-8-9(5-11(18-8)12(16)14-13)6-15(2)10-3-4-17-7-10/h5,10H,3-4,6-7,13H2,1-2H3,(H,14,16). The van der Waals surface area contributed by atoms with Crippen molar-refractivity contribution in [2.75, 3.05) is 18.6 Å². The number of nitrogens with one attached hydrogen (secondary N) is 1. The first-order chi connectivity index (χ1) is 8.61. The second kappa shape index (κ2) is 6.06.